The molecule has 156 valence electrons. The van der Waals surface area contributed by atoms with Crippen LogP contribution in [-0.4, -0.2) is 11.2 Å². The Balaban J connectivity index is 1.64. The van der Waals surface area contributed by atoms with Crippen LogP contribution in [0.3, 0.4) is 0 Å². The lowest BCUT2D eigenvalue weighted by Crippen LogP contribution is -2.05. The van der Waals surface area contributed by atoms with Crippen molar-refractivity contribution in [1.29, 1.82) is 0 Å². The minimum Gasteiger partial charge on any atom is -0.487 e. The summed E-state index contributed by atoms with van der Waals surface area (Å²) in [6, 6.07) is 11.7. The van der Waals surface area contributed by atoms with Crippen molar-refractivity contribution in [1.82, 2.24) is 4.98 Å². The third kappa shape index (κ3) is 6.02. The normalized spacial score (nSPS) is 11.7. The topological polar surface area (TPSA) is 46.5 Å². The predicted octanol–water partition coefficient (Wildman–Crippen LogP) is 6.79. The van der Waals surface area contributed by atoms with Gasteiger partial charge in [0.05, 0.1) is 20.7 Å². The Kier molecular flexibility index (Phi) is 7.09. The highest BCUT2D eigenvalue weighted by molar-refractivity contribution is 9.11. The van der Waals surface area contributed by atoms with Crippen molar-refractivity contribution in [2.45, 2.75) is 12.8 Å². The van der Waals surface area contributed by atoms with E-state index in [1.165, 1.54) is 24.4 Å². The highest BCUT2D eigenvalue weighted by Crippen LogP contribution is 2.35. The molecule has 3 aromatic rings. The van der Waals surface area contributed by atoms with Gasteiger partial charge < -0.3 is 4.74 Å². The Morgan fingerprint density at radius 3 is 2.40 bits per heavy atom. The second-order valence-corrected chi connectivity index (χ2v) is 7.74. The van der Waals surface area contributed by atoms with Gasteiger partial charge in [0.15, 0.2) is 0 Å². The molecular formula is C20H13Br2F4N3O. The standard InChI is InChI=1S/C20H13Br2F4N3O/c21-16-7-13(9-28-29-18-5-4-14(10-27-18)20(24,25)26)8-17(22)19(16)30-11-12-2-1-3-15(23)6-12/h1-10H,11H2,(H,27,29)/b28-9-. The van der Waals surface area contributed by atoms with Crippen molar-refractivity contribution in [3.63, 3.8) is 0 Å². The largest absolute Gasteiger partial charge is 0.487 e. The number of aromatic nitrogens is 1. The van der Waals surface area contributed by atoms with Gasteiger partial charge in [0.25, 0.3) is 0 Å². The average Bonchev–Trinajstić information content (AvgIpc) is 2.67. The van der Waals surface area contributed by atoms with E-state index in [1.54, 1.807) is 24.3 Å². The number of nitrogens with one attached hydrogen (secondary N) is 1. The molecule has 0 amide bonds. The van der Waals surface area contributed by atoms with Gasteiger partial charge in [0, 0.05) is 6.20 Å². The van der Waals surface area contributed by atoms with Crippen LogP contribution in [0.4, 0.5) is 23.4 Å². The molecule has 1 heterocycles. The quantitative estimate of drug-likeness (QED) is 0.210. The van der Waals surface area contributed by atoms with Crippen LogP contribution in [0.25, 0.3) is 0 Å². The number of halogens is 6. The van der Waals surface area contributed by atoms with Gasteiger partial charge in [0.1, 0.15) is 24.0 Å². The molecule has 1 N–H and O–H groups in total. The minimum absolute atomic E-state index is 0.174. The SMILES string of the molecule is Fc1cccc(COc2c(Br)cc(/C=N\Nc3ccc(C(F)(F)F)cn3)cc2Br)c1. The van der Waals surface area contributed by atoms with Crippen LogP contribution in [0.1, 0.15) is 16.7 Å². The van der Waals surface area contributed by atoms with Crippen LogP contribution in [0.15, 0.2) is 68.8 Å². The van der Waals surface area contributed by atoms with Crippen molar-refractivity contribution in [2.24, 2.45) is 5.10 Å². The monoisotopic (exact) mass is 545 g/mol. The van der Waals surface area contributed by atoms with Gasteiger partial charge in [-0.2, -0.15) is 18.3 Å². The van der Waals surface area contributed by atoms with Gasteiger partial charge >= 0.3 is 6.18 Å². The van der Waals surface area contributed by atoms with E-state index in [1.807, 2.05) is 0 Å². The van der Waals surface area contributed by atoms with Crippen LogP contribution < -0.4 is 10.2 Å². The van der Waals surface area contributed by atoms with E-state index in [-0.39, 0.29) is 18.2 Å². The number of hydrogen-bond acceptors (Lipinski definition) is 4. The van der Waals surface area contributed by atoms with Gasteiger partial charge in [-0.05, 0) is 79.4 Å². The summed E-state index contributed by atoms with van der Waals surface area (Å²) >= 11 is 6.84. The van der Waals surface area contributed by atoms with Crippen molar-refractivity contribution in [3.8, 4) is 5.75 Å². The second-order valence-electron chi connectivity index (χ2n) is 6.03. The highest BCUT2D eigenvalue weighted by atomic mass is 79.9. The van der Waals surface area contributed by atoms with Gasteiger partial charge in [-0.25, -0.2) is 9.37 Å². The first-order valence-corrected chi connectivity index (χ1v) is 9.99. The summed E-state index contributed by atoms with van der Waals surface area (Å²) in [6.45, 7) is 0.184. The van der Waals surface area contributed by atoms with Crippen LogP contribution in [0.2, 0.25) is 0 Å². The van der Waals surface area contributed by atoms with Crippen LogP contribution in [0.5, 0.6) is 5.75 Å². The Hall–Kier alpha value is -2.46. The fraction of sp³-hybridized carbons (Fsp3) is 0.100. The van der Waals surface area contributed by atoms with Crippen LogP contribution in [0, 0.1) is 5.82 Å². The number of hydrazone groups is 1. The molecule has 10 heteroatoms. The van der Waals surface area contributed by atoms with Crippen molar-refractivity contribution >= 4 is 43.9 Å². The zero-order chi connectivity index (χ0) is 21.7. The predicted molar refractivity (Wildman–Crippen MR) is 113 cm³/mol. The summed E-state index contributed by atoms with van der Waals surface area (Å²) in [4.78, 5) is 3.67. The van der Waals surface area contributed by atoms with E-state index in [2.05, 4.69) is 47.4 Å². The number of hydrogen-bond donors (Lipinski definition) is 1. The summed E-state index contributed by atoms with van der Waals surface area (Å²) in [5.41, 5.74) is 3.11. The first-order chi connectivity index (χ1) is 14.2. The molecule has 2 aromatic carbocycles. The molecule has 30 heavy (non-hydrogen) atoms. The Labute approximate surface area is 186 Å². The molecular weight excluding hydrogens is 534 g/mol. The average molecular weight is 547 g/mol. The molecule has 0 fully saturated rings. The van der Waals surface area contributed by atoms with Crippen LogP contribution in [-0.2, 0) is 12.8 Å². The number of ether oxygens (including phenoxy) is 1. The minimum atomic E-state index is -4.44. The van der Waals surface area contributed by atoms with E-state index in [9.17, 15) is 17.6 Å². The second kappa shape index (κ2) is 9.57. The zero-order valence-electron chi connectivity index (χ0n) is 15.1. The van der Waals surface area contributed by atoms with Gasteiger partial charge in [0.2, 0.25) is 0 Å². The Morgan fingerprint density at radius 2 is 1.80 bits per heavy atom. The first-order valence-electron chi connectivity index (χ1n) is 8.41. The van der Waals surface area contributed by atoms with Gasteiger partial charge in [-0.1, -0.05) is 12.1 Å². The molecule has 3 rings (SSSR count). The van der Waals surface area contributed by atoms with Gasteiger partial charge in [-0.15, -0.1) is 0 Å². The van der Waals surface area contributed by atoms with E-state index in [0.29, 0.717) is 25.8 Å². The van der Waals surface area contributed by atoms with Crippen molar-refractivity contribution in [2.75, 3.05) is 5.43 Å². The molecule has 0 unspecified atom stereocenters. The molecule has 0 bridgehead atoms. The van der Waals surface area contributed by atoms with Crippen molar-refractivity contribution < 1.29 is 22.3 Å². The number of benzene rings is 2. The highest BCUT2D eigenvalue weighted by Gasteiger charge is 2.30. The molecule has 0 saturated carbocycles. The Bertz CT molecular complexity index is 1030. The summed E-state index contributed by atoms with van der Waals surface area (Å²) in [5.74, 6) is 0.372. The molecule has 0 radical (unpaired) electrons. The zero-order valence-corrected chi connectivity index (χ0v) is 18.2. The number of pyridine rings is 1. The third-order valence-corrected chi connectivity index (χ3v) is 4.95. The summed E-state index contributed by atoms with van der Waals surface area (Å²) in [5, 5.41) is 3.98. The molecule has 0 aliphatic heterocycles. The molecule has 0 aliphatic carbocycles. The van der Waals surface area contributed by atoms with E-state index < -0.39 is 11.7 Å². The van der Waals surface area contributed by atoms with Gasteiger partial charge in [-0.3, -0.25) is 5.43 Å². The lowest BCUT2D eigenvalue weighted by molar-refractivity contribution is -0.137. The summed E-state index contributed by atoms with van der Waals surface area (Å²) < 4.78 is 57.9. The van der Waals surface area contributed by atoms with Crippen LogP contribution >= 0.6 is 31.9 Å². The first kappa shape index (κ1) is 22.2. The molecule has 0 spiro atoms. The number of nitrogens with zero attached hydrogens (tertiary/aromatic N) is 2. The molecule has 0 saturated heterocycles. The molecule has 1 aromatic heterocycles. The Morgan fingerprint density at radius 1 is 1.07 bits per heavy atom. The lowest BCUT2D eigenvalue weighted by atomic mass is 10.2. The summed E-state index contributed by atoms with van der Waals surface area (Å²) in [6.07, 6.45) is -2.23. The summed E-state index contributed by atoms with van der Waals surface area (Å²) in [7, 11) is 0. The third-order valence-electron chi connectivity index (χ3n) is 3.78. The maximum absolute atomic E-state index is 13.3. The van der Waals surface area contributed by atoms with Crippen molar-refractivity contribution in [3.05, 3.63) is 86.2 Å². The fourth-order valence-corrected chi connectivity index (χ4v) is 3.83. The molecule has 0 atom stereocenters. The van der Waals surface area contributed by atoms with E-state index >= 15 is 0 Å². The maximum atomic E-state index is 13.3. The fourth-order valence-electron chi connectivity index (χ4n) is 2.37. The number of alkyl halides is 3. The smallest absolute Gasteiger partial charge is 0.417 e. The van der Waals surface area contributed by atoms with E-state index in [0.717, 1.165) is 12.3 Å². The van der Waals surface area contributed by atoms with E-state index in [4.69, 9.17) is 4.74 Å². The number of anilines is 1. The molecule has 0 aliphatic rings. The number of rotatable bonds is 6. The molecule has 4 nitrogen and oxygen atoms in total. The lowest BCUT2D eigenvalue weighted by Gasteiger charge is -2.11. The maximum Gasteiger partial charge on any atom is 0.417 e.